The van der Waals surface area contributed by atoms with Crippen molar-refractivity contribution in [1.82, 2.24) is 0 Å². The van der Waals surface area contributed by atoms with Crippen LogP contribution in [0, 0.1) is 0 Å². The van der Waals surface area contributed by atoms with Crippen LogP contribution < -0.4 is 4.74 Å². The number of ketones is 1. The molecule has 8 heteroatoms. The zero-order chi connectivity index (χ0) is 32.5. The molecule has 0 atom stereocenters. The van der Waals surface area contributed by atoms with Crippen LogP contribution in [0.15, 0.2) is 91.1 Å². The summed E-state index contributed by atoms with van der Waals surface area (Å²) in [6, 6.07) is 2.44. The Hall–Kier alpha value is -3.94. The summed E-state index contributed by atoms with van der Waals surface area (Å²) in [5.41, 5.74) is -1.11. The van der Waals surface area contributed by atoms with Crippen LogP contribution in [0.2, 0.25) is 0 Å². The highest BCUT2D eigenvalue weighted by molar-refractivity contribution is 5.99. The van der Waals surface area contributed by atoms with Crippen molar-refractivity contribution < 1.29 is 37.0 Å². The van der Waals surface area contributed by atoms with Crippen molar-refractivity contribution in [1.29, 1.82) is 0 Å². The number of carbonyl (C=O) groups excluding carboxylic acids is 3. The molecule has 0 aromatic heterocycles. The largest absolute Gasteiger partial charge is 0.466 e. The Bertz CT molecular complexity index is 1190. The molecule has 0 radical (unpaired) electrons. The zero-order valence-electron chi connectivity index (χ0n) is 25.8. The van der Waals surface area contributed by atoms with E-state index in [4.69, 9.17) is 9.47 Å². The van der Waals surface area contributed by atoms with Crippen LogP contribution in [0.25, 0.3) is 0 Å². The maximum atomic E-state index is 13.0. The molecule has 0 unspecified atom stereocenters. The quantitative estimate of drug-likeness (QED) is 0.0453. The average molecular weight is 615 g/mol. The van der Waals surface area contributed by atoms with E-state index in [0.717, 1.165) is 57.6 Å². The van der Waals surface area contributed by atoms with Crippen LogP contribution in [-0.2, 0) is 20.5 Å². The minimum absolute atomic E-state index is 0.00964. The first-order chi connectivity index (χ1) is 21.1. The van der Waals surface area contributed by atoms with Crippen molar-refractivity contribution in [3.8, 4) is 5.75 Å². The number of benzene rings is 1. The number of esters is 2. The van der Waals surface area contributed by atoms with E-state index in [1.807, 2.05) is 12.2 Å². The van der Waals surface area contributed by atoms with Crippen LogP contribution in [0.3, 0.4) is 0 Å². The van der Waals surface area contributed by atoms with Gasteiger partial charge in [0.25, 0.3) is 0 Å². The molecule has 0 bridgehead atoms. The fourth-order valence-corrected chi connectivity index (χ4v) is 3.79. The molecule has 0 fully saturated rings. The number of allylic oxidation sites excluding steroid dienone is 12. The van der Waals surface area contributed by atoms with Crippen molar-refractivity contribution in [3.05, 3.63) is 102 Å². The molecule has 0 N–H and O–H groups in total. The Kier molecular flexibility index (Phi) is 20.3. The molecular weight excluding hydrogens is 569 g/mol. The standard InChI is InChI=1S/C36H45F3O5/c1-3-4-5-6-7-8-9-10-11-12-13-14-15-16-17-18-19-20-21-25-35(42)43-28-23-22-24-33(41)32-27-26-31(36(37,38)39)29-34(32)44-30(2)40/h4-5,7-8,10-11,13-14,16-17,19-20,26-27,29H,3,6,9,12,15,18,21-25,28H2,1-2H3. The van der Waals surface area contributed by atoms with Gasteiger partial charge in [-0.3, -0.25) is 14.4 Å². The van der Waals surface area contributed by atoms with Crippen molar-refractivity contribution in [3.63, 3.8) is 0 Å². The number of unbranched alkanes of at least 4 members (excludes halogenated alkanes) is 1. The van der Waals surface area contributed by atoms with Gasteiger partial charge < -0.3 is 9.47 Å². The van der Waals surface area contributed by atoms with Crippen LogP contribution in [0.1, 0.15) is 100 Å². The number of hydrogen-bond donors (Lipinski definition) is 0. The van der Waals surface area contributed by atoms with Crippen LogP contribution in [0.4, 0.5) is 13.2 Å². The van der Waals surface area contributed by atoms with Gasteiger partial charge in [-0.05, 0) is 76.0 Å². The Morgan fingerprint density at radius 1 is 0.727 bits per heavy atom. The highest BCUT2D eigenvalue weighted by atomic mass is 19.4. The van der Waals surface area contributed by atoms with E-state index in [2.05, 4.69) is 67.7 Å². The molecule has 0 saturated heterocycles. The molecule has 0 aliphatic rings. The van der Waals surface area contributed by atoms with Crippen molar-refractivity contribution in [2.24, 2.45) is 0 Å². The molecule has 0 spiro atoms. The molecule has 1 rings (SSSR count). The fraction of sp³-hybridized carbons (Fsp3) is 0.417. The monoisotopic (exact) mass is 614 g/mol. The Morgan fingerprint density at radius 3 is 1.75 bits per heavy atom. The topological polar surface area (TPSA) is 69.7 Å². The van der Waals surface area contributed by atoms with E-state index in [1.165, 1.54) is 0 Å². The first-order valence-electron chi connectivity index (χ1n) is 15.1. The van der Waals surface area contributed by atoms with Gasteiger partial charge >= 0.3 is 18.1 Å². The van der Waals surface area contributed by atoms with Crippen LogP contribution in [0.5, 0.6) is 5.75 Å². The SMILES string of the molecule is CCC=CCC=CCC=CCC=CCC=CCC=CCCC(=O)OCCCCC(=O)c1ccc(C(F)(F)F)cc1OC(C)=O. The fourth-order valence-electron chi connectivity index (χ4n) is 3.79. The van der Waals surface area contributed by atoms with Gasteiger partial charge in [0.1, 0.15) is 5.75 Å². The predicted molar refractivity (Wildman–Crippen MR) is 169 cm³/mol. The zero-order valence-corrected chi connectivity index (χ0v) is 25.8. The second-order valence-corrected chi connectivity index (χ2v) is 9.86. The maximum absolute atomic E-state index is 13.0. The van der Waals surface area contributed by atoms with Crippen molar-refractivity contribution in [2.45, 2.75) is 90.7 Å². The number of Topliss-reactive ketones (excluding diaryl/α,β-unsaturated/α-hetero) is 1. The van der Waals surface area contributed by atoms with Gasteiger partial charge in [0.05, 0.1) is 17.7 Å². The summed E-state index contributed by atoms with van der Waals surface area (Å²) in [4.78, 5) is 35.7. The van der Waals surface area contributed by atoms with Gasteiger partial charge in [0.2, 0.25) is 0 Å². The van der Waals surface area contributed by atoms with Gasteiger partial charge in [0, 0.05) is 19.8 Å². The molecule has 0 aliphatic heterocycles. The van der Waals surface area contributed by atoms with Crippen LogP contribution >= 0.6 is 0 Å². The summed E-state index contributed by atoms with van der Waals surface area (Å²) in [5, 5.41) is 0. The lowest BCUT2D eigenvalue weighted by atomic mass is 10.0. The van der Waals surface area contributed by atoms with E-state index >= 15 is 0 Å². The number of hydrogen-bond acceptors (Lipinski definition) is 5. The second kappa shape index (κ2) is 23.5. The van der Waals surface area contributed by atoms with Gasteiger partial charge in [-0.1, -0.05) is 79.8 Å². The summed E-state index contributed by atoms with van der Waals surface area (Å²) >= 11 is 0. The normalized spacial score (nSPS) is 12.6. The minimum Gasteiger partial charge on any atom is -0.466 e. The van der Waals surface area contributed by atoms with E-state index in [1.54, 1.807) is 0 Å². The number of halogens is 3. The van der Waals surface area contributed by atoms with Gasteiger partial charge in [-0.25, -0.2) is 0 Å². The van der Waals surface area contributed by atoms with E-state index in [0.29, 0.717) is 25.3 Å². The first kappa shape index (κ1) is 38.1. The third kappa shape index (κ3) is 19.3. The first-order valence-corrected chi connectivity index (χ1v) is 15.1. The number of ether oxygens (including phenoxy) is 2. The Morgan fingerprint density at radius 2 is 1.25 bits per heavy atom. The molecule has 44 heavy (non-hydrogen) atoms. The number of carbonyl (C=O) groups is 3. The van der Waals surface area contributed by atoms with Crippen molar-refractivity contribution >= 4 is 17.7 Å². The van der Waals surface area contributed by atoms with Gasteiger partial charge in [0.15, 0.2) is 5.78 Å². The highest BCUT2D eigenvalue weighted by Crippen LogP contribution is 2.33. The summed E-state index contributed by atoms with van der Waals surface area (Å²) < 4.78 is 48.9. The third-order valence-electron chi connectivity index (χ3n) is 6.04. The highest BCUT2D eigenvalue weighted by Gasteiger charge is 2.32. The summed E-state index contributed by atoms with van der Waals surface area (Å²) in [6.45, 7) is 3.32. The molecule has 5 nitrogen and oxygen atoms in total. The molecule has 0 heterocycles. The van der Waals surface area contributed by atoms with E-state index in [-0.39, 0.29) is 31.0 Å². The summed E-state index contributed by atoms with van der Waals surface area (Å²) in [7, 11) is 0. The Balaban J connectivity index is 2.16. The molecule has 1 aromatic rings. The van der Waals surface area contributed by atoms with E-state index in [9.17, 15) is 27.6 Å². The van der Waals surface area contributed by atoms with E-state index < -0.39 is 29.2 Å². The lowest BCUT2D eigenvalue weighted by Gasteiger charge is -2.12. The lowest BCUT2D eigenvalue weighted by Crippen LogP contribution is -2.11. The van der Waals surface area contributed by atoms with Gasteiger partial charge in [-0.15, -0.1) is 0 Å². The Labute approximate surface area is 259 Å². The van der Waals surface area contributed by atoms with Gasteiger partial charge in [-0.2, -0.15) is 13.2 Å². The molecule has 240 valence electrons. The van der Waals surface area contributed by atoms with Crippen LogP contribution in [-0.4, -0.2) is 24.3 Å². The van der Waals surface area contributed by atoms with Crippen molar-refractivity contribution in [2.75, 3.05) is 6.61 Å². The minimum atomic E-state index is -4.63. The second-order valence-electron chi connectivity index (χ2n) is 9.86. The lowest BCUT2D eigenvalue weighted by molar-refractivity contribution is -0.143. The average Bonchev–Trinajstić information content (AvgIpc) is 2.97. The predicted octanol–water partition coefficient (Wildman–Crippen LogP) is 10.0. The molecule has 0 aliphatic carbocycles. The smallest absolute Gasteiger partial charge is 0.416 e. The number of rotatable bonds is 21. The molecule has 1 aromatic carbocycles. The molecule has 0 amide bonds. The molecular formula is C36H45F3O5. The molecule has 0 saturated carbocycles. The summed E-state index contributed by atoms with van der Waals surface area (Å²) in [6.07, 6.45) is 28.0. The number of alkyl halides is 3. The third-order valence-corrected chi connectivity index (χ3v) is 6.04. The maximum Gasteiger partial charge on any atom is 0.416 e. The summed E-state index contributed by atoms with van der Waals surface area (Å²) in [5.74, 6) is -2.04.